The lowest BCUT2D eigenvalue weighted by Gasteiger charge is -2.10. The number of carbonyl (C=O) groups excluding carboxylic acids is 1. The summed E-state index contributed by atoms with van der Waals surface area (Å²) in [5.74, 6) is 0.520. The number of aromatic nitrogens is 2. The van der Waals surface area contributed by atoms with Crippen LogP contribution in [0, 0.1) is 0 Å². The van der Waals surface area contributed by atoms with Crippen molar-refractivity contribution in [1.82, 2.24) is 9.97 Å². The Morgan fingerprint density at radius 2 is 1.88 bits per heavy atom. The minimum Gasteiger partial charge on any atom is -0.495 e. The molecule has 3 rings (SSSR count). The first-order chi connectivity index (χ1) is 12.6. The molecule has 26 heavy (non-hydrogen) atoms. The molecule has 0 atom stereocenters. The Kier molecular flexibility index (Phi) is 5.55. The average Bonchev–Trinajstić information content (AvgIpc) is 2.65. The van der Waals surface area contributed by atoms with Gasteiger partial charge in [0.05, 0.1) is 22.8 Å². The highest BCUT2D eigenvalue weighted by Gasteiger charge is 2.11. The van der Waals surface area contributed by atoms with Gasteiger partial charge in [0.1, 0.15) is 11.4 Å². The van der Waals surface area contributed by atoms with Crippen molar-refractivity contribution in [3.05, 3.63) is 70.5 Å². The third-order valence-corrected chi connectivity index (χ3v) is 4.16. The number of carbonyl (C=O) groups is 1. The Balaban J connectivity index is 1.78. The minimum absolute atomic E-state index is 0.198. The number of nitrogens with one attached hydrogen (secondary N) is 2. The lowest BCUT2D eigenvalue weighted by molar-refractivity contribution is 0.102. The Hall–Kier alpha value is -2.83. The SMILES string of the molecule is COc1ccccc1Nc1nccc(C(=O)Nc2ccc(Cl)c(Cl)c2)n1. The van der Waals surface area contributed by atoms with E-state index in [2.05, 4.69) is 20.6 Å². The first-order valence-electron chi connectivity index (χ1n) is 7.56. The zero-order chi connectivity index (χ0) is 18.5. The van der Waals surface area contributed by atoms with Gasteiger partial charge in [0.25, 0.3) is 5.91 Å². The van der Waals surface area contributed by atoms with Gasteiger partial charge in [-0.15, -0.1) is 0 Å². The number of nitrogens with zero attached hydrogens (tertiary/aromatic N) is 2. The van der Waals surface area contributed by atoms with E-state index in [1.165, 1.54) is 12.3 Å². The summed E-state index contributed by atoms with van der Waals surface area (Å²) < 4.78 is 5.27. The molecule has 0 aliphatic heterocycles. The van der Waals surface area contributed by atoms with Crippen LogP contribution in [0.3, 0.4) is 0 Å². The molecule has 3 aromatic rings. The number of hydrogen-bond donors (Lipinski definition) is 2. The predicted octanol–water partition coefficient (Wildman–Crippen LogP) is 4.79. The Bertz CT molecular complexity index is 950. The van der Waals surface area contributed by atoms with Gasteiger partial charge in [0.2, 0.25) is 5.95 Å². The smallest absolute Gasteiger partial charge is 0.274 e. The summed E-state index contributed by atoms with van der Waals surface area (Å²) in [6.45, 7) is 0. The zero-order valence-electron chi connectivity index (χ0n) is 13.7. The van der Waals surface area contributed by atoms with Crippen molar-refractivity contribution in [2.24, 2.45) is 0 Å². The maximum atomic E-state index is 12.4. The van der Waals surface area contributed by atoms with Crippen LogP contribution < -0.4 is 15.4 Å². The fraction of sp³-hybridized carbons (Fsp3) is 0.0556. The highest BCUT2D eigenvalue weighted by atomic mass is 35.5. The molecule has 0 bridgehead atoms. The highest BCUT2D eigenvalue weighted by molar-refractivity contribution is 6.42. The molecule has 132 valence electrons. The lowest BCUT2D eigenvalue weighted by atomic mass is 10.3. The van der Waals surface area contributed by atoms with E-state index in [0.717, 1.165) is 0 Å². The minimum atomic E-state index is -0.395. The molecule has 0 radical (unpaired) electrons. The van der Waals surface area contributed by atoms with Gasteiger partial charge >= 0.3 is 0 Å². The van der Waals surface area contributed by atoms with E-state index in [-0.39, 0.29) is 11.6 Å². The molecule has 0 aliphatic carbocycles. The predicted molar refractivity (Wildman–Crippen MR) is 103 cm³/mol. The number of halogens is 2. The highest BCUT2D eigenvalue weighted by Crippen LogP contribution is 2.26. The summed E-state index contributed by atoms with van der Waals surface area (Å²) in [5, 5.41) is 6.51. The van der Waals surface area contributed by atoms with Crippen molar-refractivity contribution in [3.63, 3.8) is 0 Å². The number of methoxy groups -OCH3 is 1. The van der Waals surface area contributed by atoms with Crippen molar-refractivity contribution in [3.8, 4) is 5.75 Å². The first kappa shape index (κ1) is 18.0. The van der Waals surface area contributed by atoms with Gasteiger partial charge in [0, 0.05) is 11.9 Å². The number of hydrogen-bond acceptors (Lipinski definition) is 5. The van der Waals surface area contributed by atoms with Crippen LogP contribution in [0.2, 0.25) is 10.0 Å². The molecular weight excluding hydrogens is 375 g/mol. The zero-order valence-corrected chi connectivity index (χ0v) is 15.2. The molecular formula is C18H14Cl2N4O2. The molecule has 2 N–H and O–H groups in total. The molecule has 1 heterocycles. The Morgan fingerprint density at radius 3 is 2.65 bits per heavy atom. The lowest BCUT2D eigenvalue weighted by Crippen LogP contribution is -2.14. The van der Waals surface area contributed by atoms with Gasteiger partial charge in [-0.2, -0.15) is 0 Å². The van der Waals surface area contributed by atoms with Gasteiger partial charge in [-0.05, 0) is 36.4 Å². The quantitative estimate of drug-likeness (QED) is 0.656. The second-order valence-corrected chi connectivity index (χ2v) is 5.99. The van der Waals surface area contributed by atoms with E-state index in [1.54, 1.807) is 25.3 Å². The van der Waals surface area contributed by atoms with Crippen LogP contribution in [0.25, 0.3) is 0 Å². The third-order valence-electron chi connectivity index (χ3n) is 3.42. The van der Waals surface area contributed by atoms with Crippen molar-refractivity contribution in [1.29, 1.82) is 0 Å². The van der Waals surface area contributed by atoms with E-state index in [4.69, 9.17) is 27.9 Å². The fourth-order valence-corrected chi connectivity index (χ4v) is 2.48. The van der Waals surface area contributed by atoms with Crippen molar-refractivity contribution in [2.75, 3.05) is 17.7 Å². The van der Waals surface area contributed by atoms with Crippen LogP contribution in [0.4, 0.5) is 17.3 Å². The van der Waals surface area contributed by atoms with E-state index in [9.17, 15) is 4.79 Å². The number of benzene rings is 2. The maximum Gasteiger partial charge on any atom is 0.274 e. The Labute approximate surface area is 160 Å². The molecule has 8 heteroatoms. The van der Waals surface area contributed by atoms with Crippen LogP contribution in [0.1, 0.15) is 10.5 Å². The normalized spacial score (nSPS) is 10.3. The van der Waals surface area contributed by atoms with E-state index >= 15 is 0 Å². The second-order valence-electron chi connectivity index (χ2n) is 5.17. The standard InChI is InChI=1S/C18H14Cl2N4O2/c1-26-16-5-3-2-4-14(16)23-18-21-9-8-15(24-18)17(25)22-11-6-7-12(19)13(20)10-11/h2-10H,1H3,(H,22,25)(H,21,23,24). The number of amides is 1. The fourth-order valence-electron chi connectivity index (χ4n) is 2.18. The molecule has 2 aromatic carbocycles. The summed E-state index contributed by atoms with van der Waals surface area (Å²) in [6, 6.07) is 13.7. The summed E-state index contributed by atoms with van der Waals surface area (Å²) in [6.07, 6.45) is 1.49. The molecule has 0 saturated heterocycles. The number of ether oxygens (including phenoxy) is 1. The summed E-state index contributed by atoms with van der Waals surface area (Å²) in [5.41, 5.74) is 1.41. The van der Waals surface area contributed by atoms with E-state index in [0.29, 0.717) is 27.2 Å². The average molecular weight is 389 g/mol. The summed E-state index contributed by atoms with van der Waals surface area (Å²) >= 11 is 11.8. The first-order valence-corrected chi connectivity index (χ1v) is 8.32. The molecule has 0 saturated carbocycles. The number of rotatable bonds is 5. The van der Waals surface area contributed by atoms with Crippen molar-refractivity contribution >= 4 is 46.4 Å². The van der Waals surface area contributed by atoms with Gasteiger partial charge in [-0.1, -0.05) is 35.3 Å². The number of para-hydroxylation sites is 2. The summed E-state index contributed by atoms with van der Waals surface area (Å²) in [4.78, 5) is 20.8. The van der Waals surface area contributed by atoms with E-state index < -0.39 is 5.91 Å². The third kappa shape index (κ3) is 4.22. The van der Waals surface area contributed by atoms with Crippen LogP contribution in [0.15, 0.2) is 54.7 Å². The van der Waals surface area contributed by atoms with Gasteiger partial charge in [-0.25, -0.2) is 9.97 Å². The van der Waals surface area contributed by atoms with Crippen LogP contribution in [-0.2, 0) is 0 Å². The van der Waals surface area contributed by atoms with Crippen LogP contribution in [-0.4, -0.2) is 23.0 Å². The molecule has 0 aliphatic rings. The van der Waals surface area contributed by atoms with Crippen molar-refractivity contribution in [2.45, 2.75) is 0 Å². The second kappa shape index (κ2) is 8.03. The summed E-state index contributed by atoms with van der Waals surface area (Å²) in [7, 11) is 1.57. The molecule has 0 fully saturated rings. The maximum absolute atomic E-state index is 12.4. The largest absolute Gasteiger partial charge is 0.495 e. The molecule has 1 aromatic heterocycles. The van der Waals surface area contributed by atoms with Gasteiger partial charge in [0.15, 0.2) is 0 Å². The van der Waals surface area contributed by atoms with Crippen LogP contribution >= 0.6 is 23.2 Å². The monoisotopic (exact) mass is 388 g/mol. The Morgan fingerprint density at radius 1 is 1.08 bits per heavy atom. The number of anilines is 3. The van der Waals surface area contributed by atoms with E-state index in [1.807, 2.05) is 24.3 Å². The van der Waals surface area contributed by atoms with Crippen molar-refractivity contribution < 1.29 is 9.53 Å². The molecule has 0 spiro atoms. The van der Waals surface area contributed by atoms with Gasteiger partial charge < -0.3 is 15.4 Å². The molecule has 6 nitrogen and oxygen atoms in total. The topological polar surface area (TPSA) is 76.1 Å². The molecule has 1 amide bonds. The molecule has 0 unspecified atom stereocenters. The van der Waals surface area contributed by atoms with Crippen LogP contribution in [0.5, 0.6) is 5.75 Å². The van der Waals surface area contributed by atoms with Gasteiger partial charge in [-0.3, -0.25) is 4.79 Å².